The van der Waals surface area contributed by atoms with Gasteiger partial charge in [-0.15, -0.1) is 11.3 Å². The van der Waals surface area contributed by atoms with Gasteiger partial charge in [0.2, 0.25) is 0 Å². The number of aromatic nitrogens is 1. The quantitative estimate of drug-likeness (QED) is 0.628. The summed E-state index contributed by atoms with van der Waals surface area (Å²) in [6, 6.07) is 10.0. The summed E-state index contributed by atoms with van der Waals surface area (Å²) in [4.78, 5) is 21.3. The number of allylic oxidation sites excluding steroid dienone is 3. The molecule has 0 amide bonds. The van der Waals surface area contributed by atoms with E-state index in [1.807, 2.05) is 12.1 Å². The Bertz CT molecular complexity index is 1090. The van der Waals surface area contributed by atoms with E-state index in [2.05, 4.69) is 24.0 Å². The van der Waals surface area contributed by atoms with Crippen molar-refractivity contribution in [3.63, 3.8) is 0 Å². The normalized spacial score (nSPS) is 19.2. The van der Waals surface area contributed by atoms with E-state index in [9.17, 15) is 10.1 Å². The van der Waals surface area contributed by atoms with Gasteiger partial charge in [0.05, 0.1) is 23.2 Å². The number of thiophene rings is 1. The van der Waals surface area contributed by atoms with Crippen LogP contribution in [0, 0.1) is 11.3 Å². The van der Waals surface area contributed by atoms with Crippen molar-refractivity contribution in [1.29, 1.82) is 5.26 Å². The number of nitrogens with zero attached hydrogens (tertiary/aromatic N) is 3. The highest BCUT2D eigenvalue weighted by molar-refractivity contribution is 7.12. The first-order valence-corrected chi connectivity index (χ1v) is 11.4. The summed E-state index contributed by atoms with van der Waals surface area (Å²) < 4.78 is 0. The summed E-state index contributed by atoms with van der Waals surface area (Å²) in [5, 5.41) is 10.4. The average molecular weight is 439 g/mol. The van der Waals surface area contributed by atoms with E-state index in [-0.39, 0.29) is 5.78 Å². The topological polar surface area (TPSA) is 83.0 Å². The number of hydrogen-bond acceptors (Lipinski definition) is 6. The molecule has 2 aromatic rings. The van der Waals surface area contributed by atoms with E-state index in [1.165, 1.54) is 4.88 Å². The van der Waals surface area contributed by atoms with Crippen LogP contribution >= 0.6 is 22.9 Å². The fraction of sp³-hybridized carbons (Fsp3) is 0.348. The van der Waals surface area contributed by atoms with Crippen molar-refractivity contribution >= 4 is 34.4 Å². The van der Waals surface area contributed by atoms with Crippen molar-refractivity contribution in [3.05, 3.63) is 68.0 Å². The van der Waals surface area contributed by atoms with E-state index in [1.54, 1.807) is 28.5 Å². The summed E-state index contributed by atoms with van der Waals surface area (Å²) in [7, 11) is 0. The summed E-state index contributed by atoms with van der Waals surface area (Å²) in [6.07, 6.45) is 6.79. The molecule has 0 radical (unpaired) electrons. The van der Waals surface area contributed by atoms with Gasteiger partial charge < -0.3 is 5.73 Å². The number of carbonyl (C=O) groups is 1. The van der Waals surface area contributed by atoms with Gasteiger partial charge >= 0.3 is 0 Å². The third kappa shape index (κ3) is 3.53. The van der Waals surface area contributed by atoms with Gasteiger partial charge in [0, 0.05) is 33.6 Å². The highest BCUT2D eigenvalue weighted by Crippen LogP contribution is 2.48. The van der Waals surface area contributed by atoms with Gasteiger partial charge in [-0.05, 0) is 49.9 Å². The molecule has 4 rings (SSSR count). The number of halogens is 1. The van der Waals surface area contributed by atoms with Crippen molar-refractivity contribution in [2.24, 2.45) is 5.73 Å². The molecule has 2 aromatic heterocycles. The Morgan fingerprint density at radius 3 is 2.93 bits per heavy atom. The molecule has 0 fully saturated rings. The number of unbranched alkanes of at least 4 members (excludes halogenated alkanes) is 1. The Morgan fingerprint density at radius 1 is 1.37 bits per heavy atom. The molecule has 0 saturated heterocycles. The molecule has 2 N–H and O–H groups in total. The van der Waals surface area contributed by atoms with Crippen molar-refractivity contribution < 1.29 is 4.79 Å². The minimum absolute atomic E-state index is 0.0787. The second-order valence-corrected chi connectivity index (χ2v) is 9.10. The molecule has 1 aliphatic carbocycles. The van der Waals surface area contributed by atoms with Crippen LogP contribution in [0.1, 0.15) is 54.7 Å². The third-order valence-electron chi connectivity index (χ3n) is 5.64. The molecule has 3 heterocycles. The molecule has 1 aliphatic heterocycles. The van der Waals surface area contributed by atoms with Gasteiger partial charge in [0.1, 0.15) is 5.82 Å². The van der Waals surface area contributed by atoms with Crippen LogP contribution in [-0.4, -0.2) is 10.8 Å². The van der Waals surface area contributed by atoms with Gasteiger partial charge in [0.25, 0.3) is 0 Å². The summed E-state index contributed by atoms with van der Waals surface area (Å²) in [6.45, 7) is 2.17. The fourth-order valence-corrected chi connectivity index (χ4v) is 5.60. The molecule has 7 heteroatoms. The maximum Gasteiger partial charge on any atom is 0.161 e. The van der Waals surface area contributed by atoms with E-state index < -0.39 is 5.92 Å². The number of Topliss-reactive ketones (excluding diaryl/α,β-unsaturated/α-hetero) is 1. The molecule has 1 atom stereocenters. The highest BCUT2D eigenvalue weighted by Gasteiger charge is 2.41. The number of rotatable bonds is 5. The maximum atomic E-state index is 13.1. The SMILES string of the molecule is CCCCc1ccc(C2C(C#N)=C(N)N(c3cccnc3Cl)C3=C2C(=O)CCC3)s1. The molecular weight excluding hydrogens is 416 g/mol. The predicted octanol–water partition coefficient (Wildman–Crippen LogP) is 5.44. The van der Waals surface area contributed by atoms with Crippen LogP contribution in [0.2, 0.25) is 5.15 Å². The van der Waals surface area contributed by atoms with Crippen LogP contribution < -0.4 is 10.6 Å². The first-order chi connectivity index (χ1) is 14.6. The molecule has 1 unspecified atom stereocenters. The second kappa shape index (κ2) is 8.63. The summed E-state index contributed by atoms with van der Waals surface area (Å²) in [5.41, 5.74) is 9.07. The Hall–Kier alpha value is -2.62. The third-order valence-corrected chi connectivity index (χ3v) is 7.14. The van der Waals surface area contributed by atoms with E-state index in [4.69, 9.17) is 17.3 Å². The Morgan fingerprint density at radius 2 is 2.20 bits per heavy atom. The van der Waals surface area contributed by atoms with Gasteiger partial charge in [-0.25, -0.2) is 4.98 Å². The van der Waals surface area contributed by atoms with E-state index in [0.29, 0.717) is 40.6 Å². The Labute approximate surface area is 185 Å². The molecule has 30 heavy (non-hydrogen) atoms. The van der Waals surface area contributed by atoms with Crippen LogP contribution in [-0.2, 0) is 11.2 Å². The molecule has 154 valence electrons. The standard InChI is InChI=1S/C23H23ClN4OS/c1-2-3-6-14-10-11-19(30-14)20-15(13-25)23(26)28(17-8-5-12-27-22(17)24)16-7-4-9-18(29)21(16)20/h5,8,10-12,20H,2-4,6-7,9,26H2,1H3. The van der Waals surface area contributed by atoms with E-state index in [0.717, 1.165) is 36.3 Å². The molecule has 0 spiro atoms. The lowest BCUT2D eigenvalue weighted by atomic mass is 9.78. The Kier molecular flexibility index (Phi) is 5.94. The van der Waals surface area contributed by atoms with Gasteiger partial charge in [-0.3, -0.25) is 9.69 Å². The number of hydrogen-bond donors (Lipinski definition) is 1. The first-order valence-electron chi connectivity index (χ1n) is 10.2. The average Bonchev–Trinajstić information content (AvgIpc) is 3.21. The predicted molar refractivity (Wildman–Crippen MR) is 120 cm³/mol. The highest BCUT2D eigenvalue weighted by atomic mass is 35.5. The number of carbonyl (C=O) groups excluding carboxylic acids is 1. The van der Waals surface area contributed by atoms with Crippen LogP contribution in [0.25, 0.3) is 0 Å². The van der Waals surface area contributed by atoms with Crippen molar-refractivity contribution in [2.75, 3.05) is 4.90 Å². The number of ketones is 1. The van der Waals surface area contributed by atoms with Gasteiger partial charge in [-0.1, -0.05) is 24.9 Å². The smallest absolute Gasteiger partial charge is 0.161 e. The lowest BCUT2D eigenvalue weighted by Crippen LogP contribution is -2.38. The molecular formula is C23H23ClN4OS. The minimum Gasteiger partial charge on any atom is -0.384 e. The first kappa shape index (κ1) is 20.6. The zero-order valence-corrected chi connectivity index (χ0v) is 18.4. The van der Waals surface area contributed by atoms with Crippen LogP contribution in [0.15, 0.2) is 53.1 Å². The monoisotopic (exact) mass is 438 g/mol. The molecule has 2 aliphatic rings. The number of nitrogens with two attached hydrogens (primary N) is 1. The second-order valence-electron chi connectivity index (χ2n) is 7.54. The summed E-state index contributed by atoms with van der Waals surface area (Å²) >= 11 is 8.04. The van der Waals surface area contributed by atoms with Crippen molar-refractivity contribution in [3.8, 4) is 6.07 Å². The summed E-state index contributed by atoms with van der Waals surface area (Å²) in [5.74, 6) is -0.00532. The molecule has 0 aromatic carbocycles. The maximum absolute atomic E-state index is 13.1. The van der Waals surface area contributed by atoms with Gasteiger partial charge in [-0.2, -0.15) is 5.26 Å². The number of pyridine rings is 1. The van der Waals surface area contributed by atoms with Gasteiger partial charge in [0.15, 0.2) is 10.9 Å². The van der Waals surface area contributed by atoms with Crippen LogP contribution in [0.3, 0.4) is 0 Å². The largest absolute Gasteiger partial charge is 0.384 e. The Balaban J connectivity index is 1.88. The lowest BCUT2D eigenvalue weighted by Gasteiger charge is -2.39. The zero-order chi connectivity index (χ0) is 21.3. The van der Waals surface area contributed by atoms with Crippen molar-refractivity contribution in [1.82, 2.24) is 4.98 Å². The zero-order valence-electron chi connectivity index (χ0n) is 16.8. The van der Waals surface area contributed by atoms with Crippen molar-refractivity contribution in [2.45, 2.75) is 51.4 Å². The number of anilines is 1. The molecule has 0 bridgehead atoms. The minimum atomic E-state index is -0.412. The molecule has 0 saturated carbocycles. The molecule has 5 nitrogen and oxygen atoms in total. The van der Waals surface area contributed by atoms with Crippen LogP contribution in [0.5, 0.6) is 0 Å². The fourth-order valence-electron chi connectivity index (χ4n) is 4.23. The lowest BCUT2D eigenvalue weighted by molar-refractivity contribution is -0.116. The van der Waals surface area contributed by atoms with E-state index >= 15 is 0 Å². The number of aryl methyl sites for hydroxylation is 1. The van der Waals surface area contributed by atoms with Crippen LogP contribution in [0.4, 0.5) is 5.69 Å². The number of nitriles is 1.